The van der Waals surface area contributed by atoms with Crippen molar-refractivity contribution in [3.63, 3.8) is 0 Å². The fourth-order valence-electron chi connectivity index (χ4n) is 7.38. The predicted molar refractivity (Wildman–Crippen MR) is 168 cm³/mol. The Labute approximate surface area is 262 Å². The van der Waals surface area contributed by atoms with Gasteiger partial charge in [0.25, 0.3) is 5.69 Å². The number of nitrogens with one attached hydrogen (secondary N) is 1. The van der Waals surface area contributed by atoms with Gasteiger partial charge in [-0.3, -0.25) is 9.67 Å². The largest absolute Gasteiger partial charge is 0.423 e. The molecule has 240 valence electrons. The number of aromatic nitrogens is 4. The van der Waals surface area contributed by atoms with Gasteiger partial charge in [-0.15, -0.1) is 0 Å². The minimum absolute atomic E-state index is 0.00464. The van der Waals surface area contributed by atoms with Gasteiger partial charge in [0.2, 0.25) is 5.88 Å². The molecule has 1 N–H and O–H groups in total. The molecule has 3 heterocycles. The minimum Gasteiger partial charge on any atom is -0.401 e. The van der Waals surface area contributed by atoms with Crippen LogP contribution in [0.25, 0.3) is 21.9 Å². The maximum absolute atomic E-state index is 14.1. The summed E-state index contributed by atoms with van der Waals surface area (Å²) in [6.07, 6.45) is 1.35. The first-order valence-electron chi connectivity index (χ1n) is 15.6. The zero-order valence-electron chi connectivity index (χ0n) is 27.0. The van der Waals surface area contributed by atoms with Crippen LogP contribution in [0.15, 0.2) is 42.7 Å². The Hall–Kier alpha value is -4.00. The summed E-state index contributed by atoms with van der Waals surface area (Å²) in [5.74, 6) is 1.88. The number of alkyl halides is 3. The lowest BCUT2D eigenvalue weighted by atomic mass is 9.57. The molecule has 0 amide bonds. The molecule has 4 unspecified atom stereocenters. The van der Waals surface area contributed by atoms with Crippen LogP contribution in [-0.4, -0.2) is 25.3 Å². The first-order valence-corrected chi connectivity index (χ1v) is 15.6. The van der Waals surface area contributed by atoms with Crippen LogP contribution in [0.1, 0.15) is 77.5 Å². The number of aryl methyl sites for hydroxylation is 1. The average molecular weight is 622 g/mol. The maximum Gasteiger partial charge on any atom is 0.423 e. The number of benzene rings is 1. The number of fused-ring (bicyclic) bond motifs is 1. The molecule has 0 aliphatic heterocycles. The van der Waals surface area contributed by atoms with E-state index in [1.807, 2.05) is 0 Å². The molecule has 7 nitrogen and oxygen atoms in total. The van der Waals surface area contributed by atoms with Crippen molar-refractivity contribution < 1.29 is 22.7 Å². The lowest BCUT2D eigenvalue weighted by Gasteiger charge is -2.48. The van der Waals surface area contributed by atoms with Crippen LogP contribution in [0.3, 0.4) is 0 Å². The second kappa shape index (κ2) is 12.1. The lowest BCUT2D eigenvalue weighted by Crippen LogP contribution is -2.40. The fraction of sp³-hybridized carbons (Fsp3) is 0.514. The first kappa shape index (κ1) is 32.4. The third kappa shape index (κ3) is 6.54. The van der Waals surface area contributed by atoms with Gasteiger partial charge in [-0.05, 0) is 91.9 Å². The van der Waals surface area contributed by atoms with E-state index >= 15 is 0 Å². The van der Waals surface area contributed by atoms with Gasteiger partial charge < -0.3 is 4.74 Å². The molecule has 0 saturated heterocycles. The molecule has 4 aromatic rings. The van der Waals surface area contributed by atoms with Gasteiger partial charge in [0.15, 0.2) is 5.82 Å². The second-order valence-corrected chi connectivity index (χ2v) is 14.3. The van der Waals surface area contributed by atoms with Crippen LogP contribution in [0, 0.1) is 48.5 Å². The van der Waals surface area contributed by atoms with E-state index in [4.69, 9.17) is 16.3 Å². The Morgan fingerprint density at radius 3 is 2.47 bits per heavy atom. The number of ether oxygens (including phenoxy) is 1. The highest BCUT2D eigenvalue weighted by atomic mass is 19.4. The summed E-state index contributed by atoms with van der Waals surface area (Å²) in [7, 11) is 0. The number of carbonyl (C=O) groups is 1. The maximum atomic E-state index is 14.1. The molecular weight excluding hydrogens is 579 g/mol. The van der Waals surface area contributed by atoms with E-state index in [0.29, 0.717) is 46.9 Å². The molecule has 45 heavy (non-hydrogen) atoms. The van der Waals surface area contributed by atoms with Gasteiger partial charge in [-0.25, -0.2) is 19.1 Å². The Bertz CT molecular complexity index is 1710. The Balaban J connectivity index is 1.71. The van der Waals surface area contributed by atoms with Crippen LogP contribution in [0.2, 0.25) is 0 Å². The van der Waals surface area contributed by atoms with Crippen molar-refractivity contribution in [1.29, 1.82) is 0 Å². The van der Waals surface area contributed by atoms with E-state index in [1.54, 1.807) is 19.1 Å². The third-order valence-corrected chi connectivity index (χ3v) is 9.27. The van der Waals surface area contributed by atoms with Gasteiger partial charge >= 0.3 is 12.3 Å². The van der Waals surface area contributed by atoms with Crippen LogP contribution < -0.4 is 4.74 Å². The third-order valence-electron chi connectivity index (χ3n) is 9.27. The molecule has 1 saturated carbocycles. The van der Waals surface area contributed by atoms with Crippen LogP contribution >= 0.6 is 0 Å². The smallest absolute Gasteiger partial charge is 0.401 e. The van der Waals surface area contributed by atoms with E-state index in [9.17, 15) is 18.0 Å². The van der Waals surface area contributed by atoms with Crippen molar-refractivity contribution >= 4 is 17.4 Å². The summed E-state index contributed by atoms with van der Waals surface area (Å²) in [5, 5.41) is 2.97. The van der Waals surface area contributed by atoms with E-state index in [2.05, 4.69) is 51.5 Å². The zero-order chi connectivity index (χ0) is 32.8. The molecule has 3 aromatic heterocycles. The number of halogens is 3. The fourth-order valence-corrected chi connectivity index (χ4v) is 7.38. The van der Waals surface area contributed by atoms with Gasteiger partial charge in [0.1, 0.15) is 5.65 Å². The van der Waals surface area contributed by atoms with Crippen molar-refractivity contribution in [2.75, 3.05) is 0 Å². The Morgan fingerprint density at radius 2 is 1.87 bits per heavy atom. The SMILES string of the molecule is [C-]#[N+]c1c(CC2C(CC(C)C)CC(C)CC2C(C)(C)C)c2nc(-c3cc(C)ccc3C(F)(F)F)[nH]n2c1OC(=O)n1cccc1. The Kier molecular flexibility index (Phi) is 8.69. The number of rotatable bonds is 6. The lowest BCUT2D eigenvalue weighted by molar-refractivity contribution is -0.137. The van der Waals surface area contributed by atoms with Crippen LogP contribution in [0.5, 0.6) is 5.88 Å². The molecule has 4 atom stereocenters. The molecule has 5 rings (SSSR count). The van der Waals surface area contributed by atoms with Crippen molar-refractivity contribution in [2.24, 2.45) is 35.0 Å². The van der Waals surface area contributed by atoms with Crippen LogP contribution in [0.4, 0.5) is 23.7 Å². The molecule has 1 aromatic carbocycles. The quantitative estimate of drug-likeness (QED) is 0.218. The minimum atomic E-state index is -4.61. The average Bonchev–Trinajstić information content (AvgIpc) is 3.66. The number of nitrogens with zero attached hydrogens (tertiary/aromatic N) is 4. The highest BCUT2D eigenvalue weighted by molar-refractivity contribution is 5.81. The molecular formula is C35H42F3N5O2. The van der Waals surface area contributed by atoms with Crippen molar-refractivity contribution in [2.45, 2.75) is 80.3 Å². The monoisotopic (exact) mass is 621 g/mol. The normalized spacial score (nSPS) is 20.9. The standard InChI is InChI=1S/C35H42F3N5O2/c1-20(2)15-23-16-22(4)18-28(34(5,6)7)24(23)19-26-29(39-8)32(45-33(44)42-13-9-10-14-42)43-31(26)40-30(41-43)25-17-21(3)11-12-27(25)35(36,37)38/h9-14,17,20,22-24,28H,15-16,18-19H2,1-7H3,(H,40,41). The summed E-state index contributed by atoms with van der Waals surface area (Å²) in [4.78, 5) is 21.7. The first-order chi connectivity index (χ1) is 21.1. The predicted octanol–water partition coefficient (Wildman–Crippen LogP) is 9.97. The number of hydrogen-bond acceptors (Lipinski definition) is 3. The van der Waals surface area contributed by atoms with Gasteiger partial charge in [-0.1, -0.05) is 53.2 Å². The molecule has 1 aliphatic carbocycles. The summed E-state index contributed by atoms with van der Waals surface area (Å²) < 4.78 is 50.8. The van der Waals surface area contributed by atoms with E-state index in [-0.39, 0.29) is 34.3 Å². The zero-order valence-corrected chi connectivity index (χ0v) is 27.0. The van der Waals surface area contributed by atoms with Gasteiger partial charge in [0, 0.05) is 23.5 Å². The summed E-state index contributed by atoms with van der Waals surface area (Å²) >= 11 is 0. The molecule has 1 aliphatic rings. The topological polar surface area (TPSA) is 68.7 Å². The van der Waals surface area contributed by atoms with Crippen molar-refractivity contribution in [3.05, 3.63) is 70.8 Å². The molecule has 1 fully saturated rings. The second-order valence-electron chi connectivity index (χ2n) is 14.3. The van der Waals surface area contributed by atoms with E-state index in [0.717, 1.165) is 25.3 Å². The van der Waals surface area contributed by atoms with Crippen molar-refractivity contribution in [1.82, 2.24) is 19.2 Å². The highest BCUT2D eigenvalue weighted by Crippen LogP contribution is 2.51. The number of aromatic amines is 1. The number of carbonyl (C=O) groups excluding carboxylic acids is 1. The van der Waals surface area contributed by atoms with Gasteiger partial charge in [-0.2, -0.15) is 13.2 Å². The summed E-state index contributed by atoms with van der Waals surface area (Å²) in [6.45, 7) is 23.4. The Morgan fingerprint density at radius 1 is 1.18 bits per heavy atom. The number of hydrogen-bond donors (Lipinski definition) is 1. The summed E-state index contributed by atoms with van der Waals surface area (Å²) in [5.41, 5.74) is 0.740. The molecule has 0 spiro atoms. The van der Waals surface area contributed by atoms with Crippen molar-refractivity contribution in [3.8, 4) is 17.3 Å². The molecule has 0 radical (unpaired) electrons. The van der Waals surface area contributed by atoms with E-state index in [1.165, 1.54) is 33.6 Å². The van der Waals surface area contributed by atoms with Gasteiger partial charge in [0.05, 0.1) is 12.1 Å². The highest BCUT2D eigenvalue weighted by Gasteiger charge is 2.43. The number of H-pyrrole nitrogens is 1. The molecule has 10 heteroatoms. The van der Waals surface area contributed by atoms with Crippen LogP contribution in [-0.2, 0) is 12.6 Å². The van der Waals surface area contributed by atoms with E-state index < -0.39 is 17.8 Å². The molecule has 0 bridgehead atoms. The summed E-state index contributed by atoms with van der Waals surface area (Å²) in [6, 6.07) is 7.26.